The molecular formula is C34H34FN3O7S. The van der Waals surface area contributed by atoms with Crippen LogP contribution in [0.4, 0.5) is 10.1 Å². The molecule has 240 valence electrons. The largest absolute Gasteiger partial charge is 0.455 e. The van der Waals surface area contributed by atoms with E-state index in [2.05, 4.69) is 10.6 Å². The summed E-state index contributed by atoms with van der Waals surface area (Å²) < 4.78 is 47.0. The maximum absolute atomic E-state index is 13.7. The first-order valence-electron chi connectivity index (χ1n) is 14.8. The fourth-order valence-corrected chi connectivity index (χ4v) is 6.20. The van der Waals surface area contributed by atoms with E-state index in [1.807, 2.05) is 0 Å². The number of amides is 2. The van der Waals surface area contributed by atoms with E-state index in [1.54, 1.807) is 30.3 Å². The van der Waals surface area contributed by atoms with E-state index >= 15 is 0 Å². The Balaban J connectivity index is 1.39. The van der Waals surface area contributed by atoms with Gasteiger partial charge in [0.15, 0.2) is 11.6 Å². The normalized spacial score (nSPS) is 13.0. The second-order valence-corrected chi connectivity index (χ2v) is 13.3. The number of Topliss-reactive ketones (excluding diaryl/α,β-unsaturated/α-hetero) is 2. The molecule has 0 saturated heterocycles. The van der Waals surface area contributed by atoms with Crippen LogP contribution in [-0.4, -0.2) is 51.6 Å². The number of carbonyl (C=O) groups excluding carboxylic acids is 4. The van der Waals surface area contributed by atoms with Gasteiger partial charge in [-0.2, -0.15) is 0 Å². The Labute approximate surface area is 266 Å². The smallest absolute Gasteiger partial charge is 0.255 e. The molecule has 0 aliphatic heterocycles. The van der Waals surface area contributed by atoms with Gasteiger partial charge in [-0.05, 0) is 73.2 Å². The topological polar surface area (TPSA) is 143 Å². The van der Waals surface area contributed by atoms with Crippen LogP contribution >= 0.6 is 0 Å². The Morgan fingerprint density at radius 2 is 1.72 bits per heavy atom. The molecule has 1 heterocycles. The number of halogens is 1. The molecule has 2 amide bonds. The third kappa shape index (κ3) is 7.34. The molecule has 1 aliphatic rings. The van der Waals surface area contributed by atoms with Crippen LogP contribution in [0.1, 0.15) is 70.4 Å². The van der Waals surface area contributed by atoms with Crippen LogP contribution in [0.15, 0.2) is 65.1 Å². The molecule has 46 heavy (non-hydrogen) atoms. The van der Waals surface area contributed by atoms with Crippen molar-refractivity contribution in [1.29, 1.82) is 0 Å². The van der Waals surface area contributed by atoms with Gasteiger partial charge in [0, 0.05) is 49.0 Å². The van der Waals surface area contributed by atoms with Crippen LogP contribution in [0.2, 0.25) is 0 Å². The quantitative estimate of drug-likeness (QED) is 0.192. The lowest BCUT2D eigenvalue weighted by molar-refractivity contribution is -0.124. The maximum Gasteiger partial charge on any atom is 0.255 e. The third-order valence-corrected chi connectivity index (χ3v) is 8.98. The first-order chi connectivity index (χ1) is 21.8. The van der Waals surface area contributed by atoms with Crippen molar-refractivity contribution in [2.24, 2.45) is 0 Å². The van der Waals surface area contributed by atoms with E-state index in [4.69, 9.17) is 4.42 Å². The number of rotatable bonds is 13. The molecule has 1 fully saturated rings. The highest BCUT2D eigenvalue weighted by Gasteiger charge is 2.34. The summed E-state index contributed by atoms with van der Waals surface area (Å²) in [6.07, 6.45) is 2.27. The number of fused-ring (bicyclic) bond motifs is 1. The average molecular weight is 648 g/mol. The zero-order valence-electron chi connectivity index (χ0n) is 25.7. The van der Waals surface area contributed by atoms with Crippen LogP contribution in [-0.2, 0) is 26.2 Å². The summed E-state index contributed by atoms with van der Waals surface area (Å²) in [5, 5.41) is 5.80. The van der Waals surface area contributed by atoms with Crippen molar-refractivity contribution >= 4 is 50.1 Å². The van der Waals surface area contributed by atoms with E-state index in [0.29, 0.717) is 22.1 Å². The highest BCUT2D eigenvalue weighted by Crippen LogP contribution is 2.48. The third-order valence-electron chi connectivity index (χ3n) is 7.86. The van der Waals surface area contributed by atoms with Gasteiger partial charge in [0.2, 0.25) is 15.9 Å². The SMILES string of the molecule is CNC(=O)c1c(-c2ccc(F)cc2)oc2cc(N(CC(=O)CCC(=O)NCc3cccc(C(C)=O)c3)S(C)(=O)=O)c(C3CC3)cc12. The number of furan rings is 1. The summed E-state index contributed by atoms with van der Waals surface area (Å²) in [5.74, 6) is -1.60. The van der Waals surface area contributed by atoms with Crippen molar-refractivity contribution < 1.29 is 36.4 Å². The lowest BCUT2D eigenvalue weighted by Gasteiger charge is -2.24. The van der Waals surface area contributed by atoms with E-state index in [1.165, 1.54) is 44.3 Å². The van der Waals surface area contributed by atoms with Crippen LogP contribution in [0.25, 0.3) is 22.3 Å². The molecule has 2 N–H and O–H groups in total. The predicted molar refractivity (Wildman–Crippen MR) is 172 cm³/mol. The number of sulfonamides is 1. The zero-order valence-corrected chi connectivity index (χ0v) is 26.5. The molecule has 1 aliphatic carbocycles. The van der Waals surface area contributed by atoms with Gasteiger partial charge < -0.3 is 15.1 Å². The number of anilines is 1. The number of hydrogen-bond donors (Lipinski definition) is 2. The second-order valence-electron chi connectivity index (χ2n) is 11.4. The standard InChI is InChI=1S/C34H34FN3O7S/c1-20(39)24-6-4-5-21(15-24)18-37-31(41)14-13-26(40)19-38(46(3,43)44)29-17-30-28(16-27(29)22-7-8-22)32(34(42)36-2)33(45-30)23-9-11-25(35)12-10-23/h4-6,9-12,15-17,22H,7-8,13-14,18-19H2,1-3H3,(H,36,42)(H,37,41). The van der Waals surface area contributed by atoms with Gasteiger partial charge in [-0.3, -0.25) is 23.5 Å². The van der Waals surface area contributed by atoms with Crippen molar-refractivity contribution in [3.8, 4) is 11.3 Å². The minimum atomic E-state index is -3.97. The van der Waals surface area contributed by atoms with E-state index in [0.717, 1.165) is 29.0 Å². The molecule has 1 saturated carbocycles. The van der Waals surface area contributed by atoms with Crippen molar-refractivity contribution in [3.63, 3.8) is 0 Å². The molecule has 0 spiro atoms. The Hall–Kier alpha value is -4.84. The minimum Gasteiger partial charge on any atom is -0.455 e. The summed E-state index contributed by atoms with van der Waals surface area (Å²) in [6, 6.07) is 15.6. The van der Waals surface area contributed by atoms with Crippen molar-refractivity contribution in [2.75, 3.05) is 24.2 Å². The summed E-state index contributed by atoms with van der Waals surface area (Å²) in [7, 11) is -2.48. The lowest BCUT2D eigenvalue weighted by Crippen LogP contribution is -2.36. The second kappa shape index (κ2) is 13.3. The predicted octanol–water partition coefficient (Wildman–Crippen LogP) is 5.11. The fraction of sp³-hybridized carbons (Fsp3) is 0.294. The van der Waals surface area contributed by atoms with Crippen molar-refractivity contribution in [3.05, 3.63) is 88.7 Å². The average Bonchev–Trinajstić information content (AvgIpc) is 3.81. The van der Waals surface area contributed by atoms with Crippen molar-refractivity contribution in [1.82, 2.24) is 10.6 Å². The zero-order chi connectivity index (χ0) is 33.2. The van der Waals surface area contributed by atoms with Gasteiger partial charge in [0.25, 0.3) is 5.91 Å². The molecule has 12 heteroatoms. The number of nitrogens with zero attached hydrogens (tertiary/aromatic N) is 1. The number of carbonyl (C=O) groups is 4. The molecule has 0 unspecified atom stereocenters. The molecule has 0 atom stereocenters. The monoisotopic (exact) mass is 647 g/mol. The van der Waals surface area contributed by atoms with E-state index < -0.39 is 40.0 Å². The highest BCUT2D eigenvalue weighted by atomic mass is 32.2. The summed E-state index contributed by atoms with van der Waals surface area (Å²) in [6.45, 7) is 1.14. The molecule has 3 aromatic carbocycles. The number of nitrogens with one attached hydrogen (secondary N) is 2. The van der Waals surface area contributed by atoms with Gasteiger partial charge in [-0.25, -0.2) is 12.8 Å². The summed E-state index contributed by atoms with van der Waals surface area (Å²) in [4.78, 5) is 50.3. The molecule has 5 rings (SSSR count). The van der Waals surface area contributed by atoms with Crippen LogP contribution in [0.5, 0.6) is 0 Å². The molecule has 0 bridgehead atoms. The maximum atomic E-state index is 13.7. The number of hydrogen-bond acceptors (Lipinski definition) is 7. The van der Waals surface area contributed by atoms with Gasteiger partial charge in [-0.15, -0.1) is 0 Å². The van der Waals surface area contributed by atoms with Crippen LogP contribution in [0.3, 0.4) is 0 Å². The van der Waals surface area contributed by atoms with Gasteiger partial charge in [0.05, 0.1) is 24.1 Å². The van der Waals surface area contributed by atoms with E-state index in [-0.39, 0.29) is 53.7 Å². The Morgan fingerprint density at radius 1 is 1.00 bits per heavy atom. The molecule has 0 radical (unpaired) electrons. The van der Waals surface area contributed by atoms with Gasteiger partial charge >= 0.3 is 0 Å². The Kier molecular flexibility index (Phi) is 9.38. The fourth-order valence-electron chi connectivity index (χ4n) is 5.30. The van der Waals surface area contributed by atoms with Crippen molar-refractivity contribution in [2.45, 2.75) is 45.1 Å². The summed E-state index contributed by atoms with van der Waals surface area (Å²) >= 11 is 0. The Bertz CT molecular complexity index is 1950. The number of ketones is 2. The first-order valence-corrected chi connectivity index (χ1v) is 16.6. The summed E-state index contributed by atoms with van der Waals surface area (Å²) in [5.41, 5.74) is 3.11. The Morgan fingerprint density at radius 3 is 2.35 bits per heavy atom. The van der Waals surface area contributed by atoms with Crippen LogP contribution in [0, 0.1) is 5.82 Å². The highest BCUT2D eigenvalue weighted by molar-refractivity contribution is 7.92. The van der Waals surface area contributed by atoms with Gasteiger partial charge in [-0.1, -0.05) is 18.2 Å². The lowest BCUT2D eigenvalue weighted by atomic mass is 10.00. The number of benzene rings is 3. The van der Waals surface area contributed by atoms with E-state index in [9.17, 15) is 32.0 Å². The molecule has 1 aromatic heterocycles. The molecular weight excluding hydrogens is 613 g/mol. The van der Waals surface area contributed by atoms with Crippen LogP contribution < -0.4 is 14.9 Å². The molecule has 4 aromatic rings. The minimum absolute atomic E-state index is 0.0211. The first kappa shape index (κ1) is 32.6. The molecule has 10 nitrogen and oxygen atoms in total. The van der Waals surface area contributed by atoms with Gasteiger partial charge in [0.1, 0.15) is 17.2 Å².